The molecular formula is C14H16O3. The highest BCUT2D eigenvalue weighted by Crippen LogP contribution is 2.20. The summed E-state index contributed by atoms with van der Waals surface area (Å²) < 4.78 is 5.26. The molecule has 0 spiro atoms. The average Bonchev–Trinajstić information content (AvgIpc) is 2.71. The van der Waals surface area contributed by atoms with E-state index in [1.807, 2.05) is 24.3 Å². The zero-order valence-electron chi connectivity index (χ0n) is 10.0. The van der Waals surface area contributed by atoms with Crippen LogP contribution in [0, 0.1) is 5.92 Å². The summed E-state index contributed by atoms with van der Waals surface area (Å²) in [6, 6.07) is 7.72. The van der Waals surface area contributed by atoms with E-state index in [1.54, 1.807) is 13.2 Å². The Balaban J connectivity index is 2.24. The fourth-order valence-corrected chi connectivity index (χ4v) is 2.05. The van der Waals surface area contributed by atoms with Crippen LogP contribution in [-0.4, -0.2) is 17.0 Å². The van der Waals surface area contributed by atoms with Crippen LogP contribution in [0.1, 0.15) is 19.4 Å². The molecule has 0 amide bonds. The van der Waals surface area contributed by atoms with Gasteiger partial charge in [0.2, 0.25) is 0 Å². The quantitative estimate of drug-likeness (QED) is 0.881. The molecule has 1 aromatic heterocycles. The summed E-state index contributed by atoms with van der Waals surface area (Å²) in [5.74, 6) is -0.313. The average molecular weight is 232 g/mol. The van der Waals surface area contributed by atoms with Crippen molar-refractivity contribution in [1.82, 2.24) is 0 Å². The van der Waals surface area contributed by atoms with Gasteiger partial charge < -0.3 is 9.52 Å². The molecule has 90 valence electrons. The van der Waals surface area contributed by atoms with Crippen molar-refractivity contribution in [3.63, 3.8) is 0 Å². The topological polar surface area (TPSA) is 50.4 Å². The van der Waals surface area contributed by atoms with Gasteiger partial charge in [-0.05, 0) is 44.0 Å². The minimum atomic E-state index is -0.618. The van der Waals surface area contributed by atoms with E-state index in [1.165, 1.54) is 6.92 Å². The highest BCUT2D eigenvalue weighted by Gasteiger charge is 2.20. The lowest BCUT2D eigenvalue weighted by Gasteiger charge is -2.16. The van der Waals surface area contributed by atoms with E-state index in [9.17, 15) is 9.90 Å². The highest BCUT2D eigenvalue weighted by atomic mass is 16.3. The van der Waals surface area contributed by atoms with Crippen molar-refractivity contribution in [1.29, 1.82) is 0 Å². The lowest BCUT2D eigenvalue weighted by molar-refractivity contribution is -0.123. The maximum atomic E-state index is 11.4. The Morgan fingerprint density at radius 3 is 2.82 bits per heavy atom. The molecule has 2 aromatic rings. The van der Waals surface area contributed by atoms with E-state index in [0.29, 0.717) is 6.42 Å². The maximum Gasteiger partial charge on any atom is 0.135 e. The second kappa shape index (κ2) is 4.72. The summed E-state index contributed by atoms with van der Waals surface area (Å²) in [6.07, 6.45) is 1.59. The summed E-state index contributed by atoms with van der Waals surface area (Å²) in [4.78, 5) is 11.4. The van der Waals surface area contributed by atoms with E-state index < -0.39 is 6.10 Å². The van der Waals surface area contributed by atoms with Gasteiger partial charge in [-0.25, -0.2) is 0 Å². The number of hydrogen-bond donors (Lipinski definition) is 1. The molecule has 1 N–H and O–H groups in total. The van der Waals surface area contributed by atoms with Crippen molar-refractivity contribution in [2.45, 2.75) is 26.4 Å². The lowest BCUT2D eigenvalue weighted by Crippen LogP contribution is -2.26. The molecule has 0 aliphatic rings. The first-order valence-electron chi connectivity index (χ1n) is 5.72. The standard InChI is InChI=1S/C14H16O3/c1-9(15)13(10(2)16)8-11-3-4-14-12(7-11)5-6-17-14/h3-7,9,13,15H,8H2,1-2H3. The van der Waals surface area contributed by atoms with Gasteiger partial charge in [0.1, 0.15) is 11.4 Å². The number of hydrogen-bond acceptors (Lipinski definition) is 3. The zero-order chi connectivity index (χ0) is 12.4. The molecule has 2 rings (SSSR count). The lowest BCUT2D eigenvalue weighted by atomic mass is 9.91. The van der Waals surface area contributed by atoms with E-state index in [-0.39, 0.29) is 11.7 Å². The Hall–Kier alpha value is -1.61. The summed E-state index contributed by atoms with van der Waals surface area (Å²) in [7, 11) is 0. The Morgan fingerprint density at radius 2 is 2.18 bits per heavy atom. The Kier molecular flexibility index (Phi) is 3.29. The largest absolute Gasteiger partial charge is 0.464 e. The molecule has 1 heterocycles. The van der Waals surface area contributed by atoms with Crippen molar-refractivity contribution in [3.05, 3.63) is 36.1 Å². The number of ketones is 1. The highest BCUT2D eigenvalue weighted by molar-refractivity contribution is 5.80. The first-order chi connectivity index (χ1) is 8.08. The molecule has 3 heteroatoms. The summed E-state index contributed by atoms with van der Waals surface area (Å²) >= 11 is 0. The van der Waals surface area contributed by atoms with Gasteiger partial charge in [-0.1, -0.05) is 6.07 Å². The predicted octanol–water partition coefficient (Wildman–Crippen LogP) is 2.56. The number of rotatable bonds is 4. The number of aliphatic hydroxyl groups excluding tert-OH is 1. The minimum Gasteiger partial charge on any atom is -0.464 e. The molecule has 2 atom stereocenters. The maximum absolute atomic E-state index is 11.4. The number of furan rings is 1. The number of fused-ring (bicyclic) bond motifs is 1. The Morgan fingerprint density at radius 1 is 1.41 bits per heavy atom. The normalized spacial score (nSPS) is 14.8. The van der Waals surface area contributed by atoms with E-state index >= 15 is 0 Å². The monoisotopic (exact) mass is 232 g/mol. The second-order valence-electron chi connectivity index (χ2n) is 4.45. The van der Waals surface area contributed by atoms with Gasteiger partial charge in [0.25, 0.3) is 0 Å². The molecule has 3 nitrogen and oxygen atoms in total. The smallest absolute Gasteiger partial charge is 0.135 e. The Labute approximate surface area is 100 Å². The fourth-order valence-electron chi connectivity index (χ4n) is 2.05. The number of benzene rings is 1. The Bertz CT molecular complexity index is 525. The van der Waals surface area contributed by atoms with Gasteiger partial charge in [-0.15, -0.1) is 0 Å². The van der Waals surface area contributed by atoms with Crippen molar-refractivity contribution in [2.75, 3.05) is 0 Å². The number of carbonyl (C=O) groups is 1. The van der Waals surface area contributed by atoms with E-state index in [0.717, 1.165) is 16.5 Å². The molecule has 0 bridgehead atoms. The van der Waals surface area contributed by atoms with Crippen LogP contribution in [0.3, 0.4) is 0 Å². The van der Waals surface area contributed by atoms with Crippen LogP contribution in [0.15, 0.2) is 34.9 Å². The van der Waals surface area contributed by atoms with Crippen LogP contribution in [0.25, 0.3) is 11.0 Å². The van der Waals surface area contributed by atoms with Crippen LogP contribution in [0.2, 0.25) is 0 Å². The number of Topliss-reactive ketones (excluding diaryl/α,β-unsaturated/α-hetero) is 1. The second-order valence-corrected chi connectivity index (χ2v) is 4.45. The molecular weight excluding hydrogens is 216 g/mol. The van der Waals surface area contributed by atoms with Crippen molar-refractivity contribution in [2.24, 2.45) is 5.92 Å². The van der Waals surface area contributed by atoms with E-state index in [4.69, 9.17) is 4.42 Å². The molecule has 0 aliphatic heterocycles. The van der Waals surface area contributed by atoms with Gasteiger partial charge >= 0.3 is 0 Å². The van der Waals surface area contributed by atoms with Crippen molar-refractivity contribution in [3.8, 4) is 0 Å². The van der Waals surface area contributed by atoms with Crippen LogP contribution in [0.5, 0.6) is 0 Å². The van der Waals surface area contributed by atoms with Crippen LogP contribution in [-0.2, 0) is 11.2 Å². The molecule has 1 aromatic carbocycles. The third-order valence-corrected chi connectivity index (χ3v) is 3.08. The van der Waals surface area contributed by atoms with Crippen LogP contribution in [0.4, 0.5) is 0 Å². The first-order valence-corrected chi connectivity index (χ1v) is 5.72. The number of aliphatic hydroxyl groups is 1. The SMILES string of the molecule is CC(=O)C(Cc1ccc2occc2c1)C(C)O. The summed E-state index contributed by atoms with van der Waals surface area (Å²) in [5.41, 5.74) is 1.88. The van der Waals surface area contributed by atoms with Crippen molar-refractivity contribution < 1.29 is 14.3 Å². The third kappa shape index (κ3) is 2.56. The van der Waals surface area contributed by atoms with Gasteiger partial charge in [0.05, 0.1) is 12.4 Å². The van der Waals surface area contributed by atoms with E-state index in [2.05, 4.69) is 0 Å². The molecule has 17 heavy (non-hydrogen) atoms. The molecule has 0 saturated carbocycles. The summed E-state index contributed by atoms with van der Waals surface area (Å²) in [5, 5.41) is 10.6. The van der Waals surface area contributed by atoms with Gasteiger partial charge in [-0.2, -0.15) is 0 Å². The van der Waals surface area contributed by atoms with Crippen molar-refractivity contribution >= 4 is 16.8 Å². The van der Waals surface area contributed by atoms with Gasteiger partial charge in [0, 0.05) is 11.3 Å². The third-order valence-electron chi connectivity index (χ3n) is 3.08. The predicted molar refractivity (Wildman–Crippen MR) is 65.8 cm³/mol. The number of carbonyl (C=O) groups excluding carboxylic acids is 1. The summed E-state index contributed by atoms with van der Waals surface area (Å²) in [6.45, 7) is 3.18. The zero-order valence-corrected chi connectivity index (χ0v) is 10.0. The van der Waals surface area contributed by atoms with Crippen LogP contribution >= 0.6 is 0 Å². The first kappa shape index (κ1) is 11.9. The van der Waals surface area contributed by atoms with Gasteiger partial charge in [-0.3, -0.25) is 4.79 Å². The molecule has 0 fully saturated rings. The fraction of sp³-hybridized carbons (Fsp3) is 0.357. The molecule has 0 aliphatic carbocycles. The van der Waals surface area contributed by atoms with Gasteiger partial charge in [0.15, 0.2) is 0 Å². The molecule has 2 unspecified atom stereocenters. The van der Waals surface area contributed by atoms with Crippen LogP contribution < -0.4 is 0 Å². The molecule has 0 saturated heterocycles. The minimum absolute atomic E-state index is 0.0206. The molecule has 0 radical (unpaired) electrons.